The Hall–Kier alpha value is -1.34. The molecule has 2 heterocycles. The molecular weight excluding hydrogens is 230 g/mol. The maximum atomic E-state index is 8.78. The van der Waals surface area contributed by atoms with E-state index in [-0.39, 0.29) is 0 Å². The fraction of sp³-hybridized carbons (Fsp3) is 0.111. The fourth-order valence-corrected chi connectivity index (χ4v) is 1.63. The minimum Gasteiger partial charge on any atom is -0.301 e. The average Bonchev–Trinajstić information content (AvgIpc) is 2.43. The first-order chi connectivity index (χ1) is 6.22. The number of imidazole rings is 1. The second-order valence-corrected chi connectivity index (χ2v) is 3.64. The van der Waals surface area contributed by atoms with Gasteiger partial charge in [-0.3, -0.25) is 0 Å². The van der Waals surface area contributed by atoms with Crippen LogP contribution in [-0.4, -0.2) is 9.38 Å². The Balaban J connectivity index is 2.90. The Labute approximate surface area is 83.8 Å². The number of aromatic nitrogens is 2. The van der Waals surface area contributed by atoms with Gasteiger partial charge in [-0.25, -0.2) is 4.98 Å². The van der Waals surface area contributed by atoms with Crippen molar-refractivity contribution in [3.05, 3.63) is 34.3 Å². The number of hydrogen-bond donors (Lipinski definition) is 0. The van der Waals surface area contributed by atoms with Crippen molar-refractivity contribution >= 4 is 21.4 Å². The van der Waals surface area contributed by atoms with E-state index in [0.717, 1.165) is 15.8 Å². The Morgan fingerprint density at radius 3 is 3.00 bits per heavy atom. The molecule has 0 radical (unpaired) electrons. The van der Waals surface area contributed by atoms with Crippen LogP contribution in [0.3, 0.4) is 0 Å². The van der Waals surface area contributed by atoms with Crippen molar-refractivity contribution < 1.29 is 0 Å². The summed E-state index contributed by atoms with van der Waals surface area (Å²) in [6.45, 7) is 1.88. The molecule has 64 valence electrons. The van der Waals surface area contributed by atoms with Gasteiger partial charge in [0.2, 0.25) is 0 Å². The van der Waals surface area contributed by atoms with Crippen molar-refractivity contribution in [3.8, 4) is 6.07 Å². The zero-order valence-electron chi connectivity index (χ0n) is 6.95. The maximum Gasteiger partial charge on any atom is 0.166 e. The summed E-state index contributed by atoms with van der Waals surface area (Å²) in [4.78, 5) is 4.13. The number of halogens is 1. The molecule has 0 fully saturated rings. The molecule has 2 aromatic rings. The van der Waals surface area contributed by atoms with Crippen molar-refractivity contribution in [1.29, 1.82) is 5.26 Å². The summed E-state index contributed by atoms with van der Waals surface area (Å²) in [6.07, 6.45) is 1.90. The van der Waals surface area contributed by atoms with Gasteiger partial charge in [0.05, 0.1) is 5.52 Å². The van der Waals surface area contributed by atoms with E-state index in [2.05, 4.69) is 27.0 Å². The molecule has 0 spiro atoms. The summed E-state index contributed by atoms with van der Waals surface area (Å²) in [6, 6.07) is 5.84. The van der Waals surface area contributed by atoms with E-state index in [1.54, 1.807) is 0 Å². The highest BCUT2D eigenvalue weighted by molar-refractivity contribution is 9.10. The number of nitriles is 1. The summed E-state index contributed by atoms with van der Waals surface area (Å²) >= 11 is 3.37. The van der Waals surface area contributed by atoms with E-state index < -0.39 is 0 Å². The number of pyridine rings is 1. The smallest absolute Gasteiger partial charge is 0.166 e. The van der Waals surface area contributed by atoms with Gasteiger partial charge in [-0.05, 0) is 35.0 Å². The Morgan fingerprint density at radius 2 is 2.31 bits per heavy atom. The number of nitrogens with zero attached hydrogens (tertiary/aromatic N) is 3. The Kier molecular flexibility index (Phi) is 1.82. The first-order valence-corrected chi connectivity index (χ1v) is 4.56. The largest absolute Gasteiger partial charge is 0.301 e. The molecule has 0 N–H and O–H groups in total. The molecule has 0 amide bonds. The monoisotopic (exact) mass is 235 g/mol. The molecule has 0 aromatic carbocycles. The molecule has 0 saturated carbocycles. The maximum absolute atomic E-state index is 8.78. The minimum absolute atomic E-state index is 0.477. The summed E-state index contributed by atoms with van der Waals surface area (Å²) in [5.41, 5.74) is 1.33. The highest BCUT2D eigenvalue weighted by atomic mass is 79.9. The van der Waals surface area contributed by atoms with Crippen LogP contribution in [0.1, 0.15) is 11.5 Å². The minimum atomic E-state index is 0.477. The van der Waals surface area contributed by atoms with Crippen LogP contribution in [0.5, 0.6) is 0 Å². The highest BCUT2D eigenvalue weighted by Crippen LogP contribution is 2.16. The normalized spacial score (nSPS) is 10.2. The van der Waals surface area contributed by atoms with Gasteiger partial charge in [-0.2, -0.15) is 5.26 Å². The summed E-state index contributed by atoms with van der Waals surface area (Å²) in [5, 5.41) is 8.78. The topological polar surface area (TPSA) is 41.1 Å². The number of aryl methyl sites for hydroxylation is 1. The van der Waals surface area contributed by atoms with Crippen LogP contribution in [0.2, 0.25) is 0 Å². The predicted octanol–water partition coefficient (Wildman–Crippen LogP) is 2.28. The van der Waals surface area contributed by atoms with E-state index in [1.807, 2.05) is 29.7 Å². The van der Waals surface area contributed by atoms with Crippen molar-refractivity contribution in [3.63, 3.8) is 0 Å². The first-order valence-electron chi connectivity index (χ1n) is 3.76. The van der Waals surface area contributed by atoms with Crippen molar-refractivity contribution in [2.24, 2.45) is 0 Å². The number of rotatable bonds is 0. The van der Waals surface area contributed by atoms with Crippen LogP contribution < -0.4 is 0 Å². The molecule has 3 nitrogen and oxygen atoms in total. The third kappa shape index (κ3) is 1.21. The van der Waals surface area contributed by atoms with Gasteiger partial charge in [0, 0.05) is 10.7 Å². The lowest BCUT2D eigenvalue weighted by molar-refractivity contribution is 1.04. The molecule has 0 aliphatic carbocycles. The standard InChI is InChI=1S/C9H6BrN3/c1-6-12-8(4-11)9-3-2-7(10)5-13(6)9/h2-3,5H,1H3. The van der Waals surface area contributed by atoms with Crippen LogP contribution in [0.4, 0.5) is 0 Å². The first kappa shape index (κ1) is 8.27. The Morgan fingerprint density at radius 1 is 1.54 bits per heavy atom. The van der Waals surface area contributed by atoms with Gasteiger partial charge in [-0.1, -0.05) is 0 Å². The van der Waals surface area contributed by atoms with Crippen LogP contribution in [0, 0.1) is 18.3 Å². The third-order valence-corrected chi connectivity index (χ3v) is 2.35. The average molecular weight is 236 g/mol. The lowest BCUT2D eigenvalue weighted by Crippen LogP contribution is -1.86. The number of fused-ring (bicyclic) bond motifs is 1. The second kappa shape index (κ2) is 2.86. The molecule has 0 aliphatic rings. The van der Waals surface area contributed by atoms with Crippen molar-refractivity contribution in [2.75, 3.05) is 0 Å². The van der Waals surface area contributed by atoms with Gasteiger partial charge >= 0.3 is 0 Å². The van der Waals surface area contributed by atoms with Gasteiger partial charge in [0.25, 0.3) is 0 Å². The molecule has 2 rings (SSSR count). The van der Waals surface area contributed by atoms with Crippen molar-refractivity contribution in [1.82, 2.24) is 9.38 Å². The van der Waals surface area contributed by atoms with Gasteiger partial charge in [0.15, 0.2) is 5.69 Å². The zero-order chi connectivity index (χ0) is 9.42. The molecule has 0 saturated heterocycles. The van der Waals surface area contributed by atoms with E-state index in [0.29, 0.717) is 5.69 Å². The van der Waals surface area contributed by atoms with Gasteiger partial charge in [-0.15, -0.1) is 0 Å². The van der Waals surface area contributed by atoms with Crippen molar-refractivity contribution in [2.45, 2.75) is 6.92 Å². The van der Waals surface area contributed by atoms with Gasteiger partial charge in [0.1, 0.15) is 11.9 Å². The molecule has 0 aliphatic heterocycles. The van der Waals surface area contributed by atoms with Crippen LogP contribution in [-0.2, 0) is 0 Å². The van der Waals surface area contributed by atoms with E-state index >= 15 is 0 Å². The molecule has 0 unspecified atom stereocenters. The molecule has 0 atom stereocenters. The van der Waals surface area contributed by atoms with Crippen LogP contribution in [0.15, 0.2) is 22.8 Å². The van der Waals surface area contributed by atoms with E-state index in [4.69, 9.17) is 5.26 Å². The summed E-state index contributed by atoms with van der Waals surface area (Å²) < 4.78 is 2.87. The Bertz CT molecular complexity index is 507. The van der Waals surface area contributed by atoms with Gasteiger partial charge < -0.3 is 4.40 Å². The SMILES string of the molecule is Cc1nc(C#N)c2ccc(Br)cn12. The predicted molar refractivity (Wildman–Crippen MR) is 52.3 cm³/mol. The summed E-state index contributed by atoms with van der Waals surface area (Å²) in [5.74, 6) is 0.827. The lowest BCUT2D eigenvalue weighted by Gasteiger charge is -1.95. The lowest BCUT2D eigenvalue weighted by atomic mass is 10.3. The molecule has 4 heteroatoms. The molecule has 0 bridgehead atoms. The molecule has 2 aromatic heterocycles. The molecular formula is C9H6BrN3. The van der Waals surface area contributed by atoms with Crippen LogP contribution >= 0.6 is 15.9 Å². The number of hydrogen-bond acceptors (Lipinski definition) is 2. The fourth-order valence-electron chi connectivity index (χ4n) is 1.29. The second-order valence-electron chi connectivity index (χ2n) is 2.72. The molecule has 13 heavy (non-hydrogen) atoms. The van der Waals surface area contributed by atoms with E-state index in [1.165, 1.54) is 0 Å². The third-order valence-electron chi connectivity index (χ3n) is 1.88. The van der Waals surface area contributed by atoms with E-state index in [9.17, 15) is 0 Å². The quantitative estimate of drug-likeness (QED) is 0.704. The summed E-state index contributed by atoms with van der Waals surface area (Å²) in [7, 11) is 0. The zero-order valence-corrected chi connectivity index (χ0v) is 8.54. The van der Waals surface area contributed by atoms with Crippen LogP contribution in [0.25, 0.3) is 5.52 Å². The highest BCUT2D eigenvalue weighted by Gasteiger charge is 2.06.